The van der Waals surface area contributed by atoms with Crippen LogP contribution in [0.5, 0.6) is 0 Å². The fraction of sp³-hybridized carbons (Fsp3) is 0.857. The minimum atomic E-state index is -3.23. The molecule has 0 aromatic rings. The van der Waals surface area contributed by atoms with Crippen molar-refractivity contribution in [2.24, 2.45) is 0 Å². The van der Waals surface area contributed by atoms with Crippen LogP contribution in [-0.4, -0.2) is 32.6 Å². The molecule has 0 unspecified atom stereocenters. The first kappa shape index (κ1) is 9.49. The highest BCUT2D eigenvalue weighted by Gasteiger charge is 2.48. The average molecular weight is 188 g/mol. The molecule has 1 heterocycles. The minimum absolute atomic E-state index is 0.412. The minimum Gasteiger partial charge on any atom is -0.316 e. The second-order valence-electron chi connectivity index (χ2n) is 3.08. The largest absolute Gasteiger partial charge is 0.331 e. The monoisotopic (exact) mass is 188 g/mol. The summed E-state index contributed by atoms with van der Waals surface area (Å²) in [6.45, 7) is 8.16. The normalized spacial score (nSPS) is 23.0. The van der Waals surface area contributed by atoms with E-state index in [1.807, 2.05) is 0 Å². The smallest absolute Gasteiger partial charge is 0.316 e. The molecule has 0 aromatic carbocycles. The zero-order valence-corrected chi connectivity index (χ0v) is 7.82. The first-order valence-electron chi connectivity index (χ1n) is 3.81. The van der Waals surface area contributed by atoms with Crippen LogP contribution in [0.25, 0.3) is 4.85 Å². The van der Waals surface area contributed by atoms with Crippen LogP contribution >= 0.6 is 0 Å². The molecule has 1 aliphatic heterocycles. The summed E-state index contributed by atoms with van der Waals surface area (Å²) in [6.07, 6.45) is 1.97. The Morgan fingerprint density at radius 1 is 1.42 bits per heavy atom. The van der Waals surface area contributed by atoms with Crippen molar-refractivity contribution in [2.45, 2.75) is 17.7 Å². The zero-order chi connectivity index (χ0) is 9.24. The van der Waals surface area contributed by atoms with Crippen molar-refractivity contribution < 1.29 is 8.42 Å². The number of rotatable bonds is 1. The average Bonchev–Trinajstić information content (AvgIpc) is 2.04. The third kappa shape index (κ3) is 1.45. The van der Waals surface area contributed by atoms with Gasteiger partial charge in [-0.2, -0.15) is 0 Å². The lowest BCUT2D eigenvalue weighted by Gasteiger charge is -2.24. The topological polar surface area (TPSA) is 50.5 Å². The molecule has 1 rings (SSSR count). The Morgan fingerprint density at radius 2 is 1.92 bits per heavy atom. The van der Waals surface area contributed by atoms with Crippen molar-refractivity contribution in [3.05, 3.63) is 11.4 Å². The van der Waals surface area contributed by atoms with Crippen LogP contribution in [0.4, 0.5) is 0 Å². The van der Waals surface area contributed by atoms with Crippen molar-refractivity contribution in [1.29, 1.82) is 0 Å². The maximum Gasteiger partial charge on any atom is 0.331 e. The van der Waals surface area contributed by atoms with E-state index in [0.717, 1.165) is 6.26 Å². The van der Waals surface area contributed by atoms with Gasteiger partial charge in [-0.3, -0.25) is 4.85 Å². The molecule has 4 nitrogen and oxygen atoms in total. The highest BCUT2D eigenvalue weighted by molar-refractivity contribution is 7.92. The van der Waals surface area contributed by atoms with E-state index in [1.54, 1.807) is 0 Å². The lowest BCUT2D eigenvalue weighted by molar-refractivity contribution is 0.438. The van der Waals surface area contributed by atoms with Gasteiger partial charge in [0.05, 0.1) is 12.8 Å². The van der Waals surface area contributed by atoms with Gasteiger partial charge in [-0.1, -0.05) is 0 Å². The molecule has 0 aliphatic carbocycles. The maximum absolute atomic E-state index is 11.3. The van der Waals surface area contributed by atoms with E-state index >= 15 is 0 Å². The Bertz CT molecular complexity index is 296. The van der Waals surface area contributed by atoms with Gasteiger partial charge in [-0.15, -0.1) is 0 Å². The summed E-state index contributed by atoms with van der Waals surface area (Å²) < 4.78 is 22.6. The fourth-order valence-electron chi connectivity index (χ4n) is 1.38. The van der Waals surface area contributed by atoms with E-state index in [4.69, 9.17) is 6.57 Å². The number of nitrogens with zero attached hydrogens (tertiary/aromatic N) is 1. The van der Waals surface area contributed by atoms with Crippen LogP contribution in [0.15, 0.2) is 0 Å². The Morgan fingerprint density at radius 3 is 2.17 bits per heavy atom. The lowest BCUT2D eigenvalue weighted by Crippen LogP contribution is -2.44. The van der Waals surface area contributed by atoms with Crippen LogP contribution in [0.3, 0.4) is 0 Å². The quantitative estimate of drug-likeness (QED) is 0.591. The van der Waals surface area contributed by atoms with Crippen molar-refractivity contribution >= 4 is 9.84 Å². The molecule has 1 saturated heterocycles. The van der Waals surface area contributed by atoms with Crippen molar-refractivity contribution in [3.63, 3.8) is 0 Å². The Hall–Kier alpha value is -0.600. The van der Waals surface area contributed by atoms with Crippen LogP contribution in [0.1, 0.15) is 12.8 Å². The van der Waals surface area contributed by atoms with E-state index in [-0.39, 0.29) is 0 Å². The standard InChI is InChI=1S/C7H12N2O2S/c1-8-7(12(2,10)11)3-5-9-6-4-7/h9H,3-6H2,2H3. The second-order valence-corrected chi connectivity index (χ2v) is 5.38. The Kier molecular flexibility index (Phi) is 2.40. The van der Waals surface area contributed by atoms with Crippen molar-refractivity contribution in [2.75, 3.05) is 19.3 Å². The number of nitrogens with one attached hydrogen (secondary N) is 1. The second kappa shape index (κ2) is 3.04. The van der Waals surface area contributed by atoms with Gasteiger partial charge in [-0.05, 0) is 0 Å². The van der Waals surface area contributed by atoms with E-state index in [2.05, 4.69) is 10.2 Å². The summed E-state index contributed by atoms with van der Waals surface area (Å²) in [7, 11) is -3.23. The highest BCUT2D eigenvalue weighted by Crippen LogP contribution is 2.28. The molecule has 1 aliphatic rings. The molecule has 0 spiro atoms. The van der Waals surface area contributed by atoms with Gasteiger partial charge >= 0.3 is 4.87 Å². The van der Waals surface area contributed by atoms with Gasteiger partial charge in [0.15, 0.2) is 0 Å². The third-order valence-corrected chi connectivity index (χ3v) is 4.16. The zero-order valence-electron chi connectivity index (χ0n) is 7.00. The van der Waals surface area contributed by atoms with E-state index in [0.29, 0.717) is 25.9 Å². The molecule has 5 heteroatoms. The number of sulfone groups is 1. The summed E-state index contributed by atoms with van der Waals surface area (Å²) in [4.78, 5) is 2.13. The first-order chi connectivity index (χ1) is 5.52. The molecule has 0 radical (unpaired) electrons. The summed E-state index contributed by atoms with van der Waals surface area (Å²) in [6, 6.07) is 0. The van der Waals surface area contributed by atoms with Crippen molar-refractivity contribution in [1.82, 2.24) is 5.32 Å². The van der Waals surface area contributed by atoms with E-state index in [1.165, 1.54) is 0 Å². The van der Waals surface area contributed by atoms with Crippen LogP contribution in [-0.2, 0) is 9.84 Å². The van der Waals surface area contributed by atoms with Crippen LogP contribution in [0.2, 0.25) is 0 Å². The maximum atomic E-state index is 11.3. The Balaban J connectivity index is 2.99. The van der Waals surface area contributed by atoms with Gasteiger partial charge in [0.1, 0.15) is 0 Å². The molecule has 0 aromatic heterocycles. The predicted molar refractivity (Wildman–Crippen MR) is 46.3 cm³/mol. The molecular formula is C7H12N2O2S. The highest BCUT2D eigenvalue weighted by atomic mass is 32.2. The molecular weight excluding hydrogens is 176 g/mol. The molecule has 12 heavy (non-hydrogen) atoms. The van der Waals surface area contributed by atoms with E-state index in [9.17, 15) is 8.42 Å². The first-order valence-corrected chi connectivity index (χ1v) is 5.70. The van der Waals surface area contributed by atoms with Gasteiger partial charge in [0.2, 0.25) is 9.84 Å². The lowest BCUT2D eigenvalue weighted by atomic mass is 10.1. The molecule has 0 amide bonds. The summed E-state index contributed by atoms with van der Waals surface area (Å²) in [5.41, 5.74) is 0. The SMILES string of the molecule is [C-]#[N+]C1(S(C)(=O)=O)CCNCC1. The number of piperidine rings is 1. The molecule has 0 atom stereocenters. The van der Waals surface area contributed by atoms with Gasteiger partial charge in [0, 0.05) is 19.3 Å². The van der Waals surface area contributed by atoms with E-state index < -0.39 is 14.7 Å². The molecule has 1 fully saturated rings. The van der Waals surface area contributed by atoms with Crippen LogP contribution in [0, 0.1) is 6.57 Å². The summed E-state index contributed by atoms with van der Waals surface area (Å²) >= 11 is 0. The van der Waals surface area contributed by atoms with Crippen LogP contribution < -0.4 is 5.32 Å². The molecule has 68 valence electrons. The number of hydrogen-bond acceptors (Lipinski definition) is 3. The third-order valence-electron chi connectivity index (χ3n) is 2.28. The predicted octanol–water partition coefficient (Wildman–Crippen LogP) is 0.0300. The van der Waals surface area contributed by atoms with Gasteiger partial charge < -0.3 is 5.32 Å². The molecule has 0 bridgehead atoms. The molecule has 0 saturated carbocycles. The van der Waals surface area contributed by atoms with Gasteiger partial charge in [0.25, 0.3) is 0 Å². The summed E-state index contributed by atoms with van der Waals surface area (Å²) in [5, 5.41) is 3.04. The Labute approximate surface area is 72.7 Å². The van der Waals surface area contributed by atoms with Crippen molar-refractivity contribution in [3.8, 4) is 0 Å². The van der Waals surface area contributed by atoms with Gasteiger partial charge in [-0.25, -0.2) is 15.0 Å². The molecule has 1 N–H and O–H groups in total. The fourth-order valence-corrected chi connectivity index (χ4v) is 2.49. The summed E-state index contributed by atoms with van der Waals surface area (Å²) in [5.74, 6) is 0. The number of hydrogen-bond donors (Lipinski definition) is 1.